The Bertz CT molecular complexity index is 383. The Balaban J connectivity index is 1.49. The third-order valence-corrected chi connectivity index (χ3v) is 6.38. The summed E-state index contributed by atoms with van der Waals surface area (Å²) in [6, 6.07) is 0. The van der Waals surface area contributed by atoms with Crippen LogP contribution in [0.5, 0.6) is 0 Å². The molecular formula is C17H26O3. The molecule has 5 aliphatic rings. The van der Waals surface area contributed by atoms with Crippen LogP contribution in [0.2, 0.25) is 0 Å². The average Bonchev–Trinajstić information content (AvgIpc) is 2.43. The molecule has 3 nitrogen and oxygen atoms in total. The zero-order valence-corrected chi connectivity index (χ0v) is 12.5. The summed E-state index contributed by atoms with van der Waals surface area (Å²) in [6.07, 6.45) is 9.71. The fourth-order valence-corrected chi connectivity index (χ4v) is 5.62. The molecule has 20 heavy (non-hydrogen) atoms. The third-order valence-electron chi connectivity index (χ3n) is 6.38. The molecule has 4 aliphatic carbocycles. The molecule has 0 aromatic heterocycles. The Kier molecular flexibility index (Phi) is 3.19. The van der Waals surface area contributed by atoms with E-state index in [0.29, 0.717) is 23.7 Å². The van der Waals surface area contributed by atoms with Crippen molar-refractivity contribution >= 4 is 5.78 Å². The van der Waals surface area contributed by atoms with Gasteiger partial charge >= 0.3 is 0 Å². The van der Waals surface area contributed by atoms with Crippen LogP contribution in [-0.4, -0.2) is 24.8 Å². The number of hydrogen-bond donors (Lipinski definition) is 0. The van der Waals surface area contributed by atoms with Crippen molar-refractivity contribution in [1.29, 1.82) is 0 Å². The molecule has 0 amide bonds. The quantitative estimate of drug-likeness (QED) is 0.794. The van der Waals surface area contributed by atoms with Gasteiger partial charge in [0.15, 0.2) is 6.29 Å². The molecule has 1 heterocycles. The van der Waals surface area contributed by atoms with Crippen molar-refractivity contribution in [2.24, 2.45) is 23.2 Å². The molecule has 0 radical (unpaired) electrons. The molecule has 1 aliphatic heterocycles. The summed E-state index contributed by atoms with van der Waals surface area (Å²) in [5.74, 6) is 2.43. The van der Waals surface area contributed by atoms with Gasteiger partial charge in [-0.15, -0.1) is 0 Å². The molecule has 5 fully saturated rings. The van der Waals surface area contributed by atoms with Crippen LogP contribution in [0.1, 0.15) is 58.3 Å². The van der Waals surface area contributed by atoms with Crippen LogP contribution >= 0.6 is 0 Å². The number of carbonyl (C=O) groups excluding carboxylic acids is 1. The van der Waals surface area contributed by atoms with Gasteiger partial charge in [0.25, 0.3) is 0 Å². The van der Waals surface area contributed by atoms with E-state index in [9.17, 15) is 4.79 Å². The highest BCUT2D eigenvalue weighted by Gasteiger charge is 2.58. The number of carbonyl (C=O) groups is 1. The Morgan fingerprint density at radius 1 is 1.15 bits per heavy atom. The van der Waals surface area contributed by atoms with Gasteiger partial charge in [0.2, 0.25) is 0 Å². The number of Topliss-reactive ketones (excluding diaryl/α,β-unsaturated/α-hetero) is 1. The van der Waals surface area contributed by atoms with Gasteiger partial charge in [-0.2, -0.15) is 0 Å². The summed E-state index contributed by atoms with van der Waals surface area (Å²) in [5.41, 5.74) is 0.0176. The lowest BCUT2D eigenvalue weighted by Crippen LogP contribution is -2.57. The van der Waals surface area contributed by atoms with Gasteiger partial charge in [-0.3, -0.25) is 4.79 Å². The first kappa shape index (κ1) is 13.3. The van der Waals surface area contributed by atoms with Crippen LogP contribution in [0, 0.1) is 23.2 Å². The van der Waals surface area contributed by atoms with Crippen molar-refractivity contribution in [3.63, 3.8) is 0 Å². The molecule has 3 atom stereocenters. The van der Waals surface area contributed by atoms with Gasteiger partial charge < -0.3 is 9.47 Å². The molecule has 0 aromatic carbocycles. The lowest BCUT2D eigenvalue weighted by Gasteiger charge is -2.59. The lowest BCUT2D eigenvalue weighted by atomic mass is 9.47. The Labute approximate surface area is 121 Å². The first-order chi connectivity index (χ1) is 9.66. The first-order valence-corrected chi connectivity index (χ1v) is 8.44. The van der Waals surface area contributed by atoms with E-state index in [2.05, 4.69) is 0 Å². The summed E-state index contributed by atoms with van der Waals surface area (Å²) < 4.78 is 12.1. The van der Waals surface area contributed by atoms with Gasteiger partial charge in [-0.25, -0.2) is 0 Å². The summed E-state index contributed by atoms with van der Waals surface area (Å²) in [5, 5.41) is 0. The van der Waals surface area contributed by atoms with Crippen molar-refractivity contribution < 1.29 is 14.3 Å². The Hall–Kier alpha value is -0.410. The molecule has 112 valence electrons. The normalized spacial score (nSPS) is 50.4. The van der Waals surface area contributed by atoms with Crippen molar-refractivity contribution in [1.82, 2.24) is 0 Å². The minimum absolute atomic E-state index is 0.0176. The van der Waals surface area contributed by atoms with E-state index < -0.39 is 0 Å². The summed E-state index contributed by atoms with van der Waals surface area (Å²) in [4.78, 5) is 12.1. The van der Waals surface area contributed by atoms with E-state index in [1.165, 1.54) is 25.7 Å². The molecule has 0 spiro atoms. The van der Waals surface area contributed by atoms with Crippen molar-refractivity contribution in [3.05, 3.63) is 0 Å². The molecule has 3 unspecified atom stereocenters. The molecule has 4 bridgehead atoms. The van der Waals surface area contributed by atoms with Crippen molar-refractivity contribution in [2.75, 3.05) is 6.61 Å². The summed E-state index contributed by atoms with van der Waals surface area (Å²) >= 11 is 0. The fourth-order valence-electron chi connectivity index (χ4n) is 5.62. The standard InChI is InChI=1S/C17H26O3/c1-11(18)17-8-12-6-13(9-17)16(14(7-12)10-17)20-15-4-2-3-5-19-15/h12-16H,2-10H2,1H3. The molecule has 0 N–H and O–H groups in total. The van der Waals surface area contributed by atoms with Gasteiger partial charge in [-0.05, 0) is 76.0 Å². The van der Waals surface area contributed by atoms with Gasteiger partial charge in [0.1, 0.15) is 5.78 Å². The van der Waals surface area contributed by atoms with E-state index in [1.807, 2.05) is 6.92 Å². The second kappa shape index (κ2) is 4.81. The molecule has 3 heteroatoms. The maximum absolute atomic E-state index is 12.1. The van der Waals surface area contributed by atoms with E-state index in [1.54, 1.807) is 0 Å². The van der Waals surface area contributed by atoms with Crippen molar-refractivity contribution in [3.8, 4) is 0 Å². The van der Waals surface area contributed by atoms with Crippen LogP contribution in [0.15, 0.2) is 0 Å². The van der Waals surface area contributed by atoms with Gasteiger partial charge in [0, 0.05) is 12.0 Å². The Morgan fingerprint density at radius 3 is 2.50 bits per heavy atom. The maximum atomic E-state index is 12.1. The van der Waals surface area contributed by atoms with Gasteiger partial charge in [-0.1, -0.05) is 0 Å². The lowest BCUT2D eigenvalue weighted by molar-refractivity contribution is -0.244. The van der Waals surface area contributed by atoms with Gasteiger partial charge in [0.05, 0.1) is 6.10 Å². The van der Waals surface area contributed by atoms with Crippen LogP contribution in [-0.2, 0) is 14.3 Å². The topological polar surface area (TPSA) is 35.5 Å². The van der Waals surface area contributed by atoms with E-state index in [4.69, 9.17) is 9.47 Å². The first-order valence-electron chi connectivity index (χ1n) is 8.44. The molecular weight excluding hydrogens is 252 g/mol. The molecule has 1 saturated heterocycles. The smallest absolute Gasteiger partial charge is 0.157 e. The second-order valence-corrected chi connectivity index (χ2v) is 7.70. The number of rotatable bonds is 3. The highest BCUT2D eigenvalue weighted by molar-refractivity contribution is 5.82. The fraction of sp³-hybridized carbons (Fsp3) is 0.941. The van der Waals surface area contributed by atoms with Crippen LogP contribution in [0.3, 0.4) is 0 Å². The molecule has 4 saturated carbocycles. The molecule has 5 rings (SSSR count). The largest absolute Gasteiger partial charge is 0.353 e. The van der Waals surface area contributed by atoms with E-state index in [0.717, 1.165) is 38.2 Å². The Morgan fingerprint density at radius 2 is 1.90 bits per heavy atom. The highest BCUT2D eigenvalue weighted by Crippen LogP contribution is 2.61. The highest BCUT2D eigenvalue weighted by atomic mass is 16.7. The number of ketones is 1. The molecule has 0 aromatic rings. The van der Waals surface area contributed by atoms with Crippen molar-refractivity contribution in [2.45, 2.75) is 70.7 Å². The maximum Gasteiger partial charge on any atom is 0.157 e. The zero-order valence-electron chi connectivity index (χ0n) is 12.5. The summed E-state index contributed by atoms with van der Waals surface area (Å²) in [7, 11) is 0. The average molecular weight is 278 g/mol. The monoisotopic (exact) mass is 278 g/mol. The third kappa shape index (κ3) is 2.05. The second-order valence-electron chi connectivity index (χ2n) is 7.70. The zero-order chi connectivity index (χ0) is 13.7. The van der Waals surface area contributed by atoms with Crippen LogP contribution < -0.4 is 0 Å². The van der Waals surface area contributed by atoms with E-state index >= 15 is 0 Å². The SMILES string of the molecule is CC(=O)C12CC3CC(C1)C(OC1CCCCO1)C(C3)C2. The summed E-state index contributed by atoms with van der Waals surface area (Å²) in [6.45, 7) is 2.67. The van der Waals surface area contributed by atoms with Crippen LogP contribution in [0.25, 0.3) is 0 Å². The predicted molar refractivity (Wildman–Crippen MR) is 75.1 cm³/mol. The number of ether oxygens (including phenoxy) is 2. The minimum Gasteiger partial charge on any atom is -0.353 e. The van der Waals surface area contributed by atoms with Crippen LogP contribution in [0.4, 0.5) is 0 Å². The number of hydrogen-bond acceptors (Lipinski definition) is 3. The predicted octanol–water partition coefficient (Wildman–Crippen LogP) is 3.31. The minimum atomic E-state index is 0.0176. The van der Waals surface area contributed by atoms with E-state index in [-0.39, 0.29) is 11.7 Å².